The first-order chi connectivity index (χ1) is 11.5. The normalized spacial score (nSPS) is 18.0. The van der Waals surface area contributed by atoms with Crippen LogP contribution in [0.15, 0.2) is 34.9 Å². The Bertz CT molecular complexity index is 859. The van der Waals surface area contributed by atoms with E-state index in [1.807, 2.05) is 0 Å². The number of carbonyl (C=O) groups is 3. The summed E-state index contributed by atoms with van der Waals surface area (Å²) >= 11 is 5.94. The molecule has 0 unspecified atom stereocenters. The molecule has 1 saturated heterocycles. The Labute approximate surface area is 141 Å². The van der Waals surface area contributed by atoms with Crippen molar-refractivity contribution in [3.05, 3.63) is 41.4 Å². The highest BCUT2D eigenvalue weighted by Crippen LogP contribution is 2.32. The van der Waals surface area contributed by atoms with E-state index in [0.717, 1.165) is 28.2 Å². The van der Waals surface area contributed by atoms with Crippen molar-refractivity contribution in [2.45, 2.75) is 25.4 Å². The van der Waals surface area contributed by atoms with Gasteiger partial charge in [0, 0.05) is 16.6 Å². The minimum absolute atomic E-state index is 0.148. The van der Waals surface area contributed by atoms with Gasteiger partial charge >= 0.3 is 17.8 Å². The molecule has 122 valence electrons. The number of amides is 4. The molecule has 0 radical (unpaired) electrons. The van der Waals surface area contributed by atoms with Crippen LogP contribution in [0.5, 0.6) is 0 Å². The molecule has 4 rings (SSSR count). The Balaban J connectivity index is 1.55. The second-order valence-corrected chi connectivity index (χ2v) is 6.15. The van der Waals surface area contributed by atoms with Crippen molar-refractivity contribution in [3.63, 3.8) is 0 Å². The van der Waals surface area contributed by atoms with Crippen LogP contribution in [0.25, 0.3) is 11.3 Å². The third-order valence-electron chi connectivity index (χ3n) is 3.95. The molecule has 1 aromatic carbocycles. The SMILES string of the molecule is O=C1C(=O)N(C2CC2)C(=O)N1Cc1ncc(-c2cccc(Cl)c2)o1. The number of benzene rings is 1. The van der Waals surface area contributed by atoms with Crippen molar-refractivity contribution >= 4 is 29.4 Å². The van der Waals surface area contributed by atoms with Crippen LogP contribution >= 0.6 is 11.6 Å². The van der Waals surface area contributed by atoms with Gasteiger partial charge in [0.1, 0.15) is 6.54 Å². The molecule has 7 nitrogen and oxygen atoms in total. The lowest BCUT2D eigenvalue weighted by molar-refractivity contribution is -0.143. The predicted molar refractivity (Wildman–Crippen MR) is 82.8 cm³/mol. The van der Waals surface area contributed by atoms with E-state index in [1.165, 1.54) is 6.20 Å². The van der Waals surface area contributed by atoms with Crippen LogP contribution in [0.2, 0.25) is 5.02 Å². The quantitative estimate of drug-likeness (QED) is 0.627. The molecule has 1 aliphatic carbocycles. The number of halogens is 1. The van der Waals surface area contributed by atoms with Crippen LogP contribution in [-0.2, 0) is 16.1 Å². The summed E-state index contributed by atoms with van der Waals surface area (Å²) in [6.07, 6.45) is 2.99. The molecule has 0 N–H and O–H groups in total. The Morgan fingerprint density at radius 2 is 2.00 bits per heavy atom. The summed E-state index contributed by atoms with van der Waals surface area (Å²) in [5.74, 6) is -0.965. The Hall–Kier alpha value is -2.67. The highest BCUT2D eigenvalue weighted by molar-refractivity contribution is 6.44. The third kappa shape index (κ3) is 2.46. The van der Waals surface area contributed by atoms with Crippen molar-refractivity contribution in [3.8, 4) is 11.3 Å². The Morgan fingerprint density at radius 1 is 1.21 bits per heavy atom. The molecule has 4 amide bonds. The van der Waals surface area contributed by atoms with Gasteiger partial charge in [-0.1, -0.05) is 23.7 Å². The molecule has 2 aromatic rings. The minimum atomic E-state index is -0.839. The fraction of sp³-hybridized carbons (Fsp3) is 0.250. The second-order valence-electron chi connectivity index (χ2n) is 5.71. The molecule has 1 aromatic heterocycles. The van der Waals surface area contributed by atoms with Crippen molar-refractivity contribution in [1.29, 1.82) is 0 Å². The zero-order valence-electron chi connectivity index (χ0n) is 12.4. The highest BCUT2D eigenvalue weighted by atomic mass is 35.5. The molecule has 24 heavy (non-hydrogen) atoms. The standard InChI is InChI=1S/C16H12ClN3O4/c17-10-3-1-2-9(6-10)12-7-18-13(24-12)8-19-14(21)15(22)20(16(19)23)11-4-5-11/h1-3,6-7,11H,4-5,8H2. The first-order valence-electron chi connectivity index (χ1n) is 7.44. The highest BCUT2D eigenvalue weighted by Gasteiger charge is 2.50. The summed E-state index contributed by atoms with van der Waals surface area (Å²) in [4.78, 5) is 42.2. The molecular formula is C16H12ClN3O4. The van der Waals surface area contributed by atoms with Gasteiger partial charge in [-0.3, -0.25) is 14.5 Å². The number of nitrogens with zero attached hydrogens (tertiary/aromatic N) is 3. The molecule has 8 heteroatoms. The smallest absolute Gasteiger partial charge is 0.334 e. The number of rotatable bonds is 4. The average Bonchev–Trinajstić information content (AvgIpc) is 3.24. The number of aromatic nitrogens is 1. The summed E-state index contributed by atoms with van der Waals surface area (Å²) in [5.41, 5.74) is 0.732. The van der Waals surface area contributed by atoms with E-state index in [1.54, 1.807) is 24.3 Å². The van der Waals surface area contributed by atoms with Crippen LogP contribution in [0.1, 0.15) is 18.7 Å². The molecule has 0 spiro atoms. The molecule has 2 aliphatic rings. The van der Waals surface area contributed by atoms with Gasteiger partial charge in [0.25, 0.3) is 0 Å². The van der Waals surface area contributed by atoms with Crippen molar-refractivity contribution in [1.82, 2.24) is 14.8 Å². The average molecular weight is 346 g/mol. The Morgan fingerprint density at radius 3 is 2.71 bits per heavy atom. The van der Waals surface area contributed by atoms with E-state index in [9.17, 15) is 14.4 Å². The fourth-order valence-corrected chi connectivity index (χ4v) is 2.80. The summed E-state index contributed by atoms with van der Waals surface area (Å²) in [6, 6.07) is 6.29. The minimum Gasteiger partial charge on any atom is -0.439 e. The molecule has 2 fully saturated rings. The maximum atomic E-state index is 12.3. The topological polar surface area (TPSA) is 83.7 Å². The monoisotopic (exact) mass is 345 g/mol. The number of urea groups is 1. The number of imide groups is 2. The van der Waals surface area contributed by atoms with E-state index in [0.29, 0.717) is 10.8 Å². The first kappa shape index (κ1) is 14.9. The number of oxazole rings is 1. The van der Waals surface area contributed by atoms with E-state index in [2.05, 4.69) is 4.98 Å². The number of carbonyl (C=O) groups excluding carboxylic acids is 3. The van der Waals surface area contributed by atoms with Crippen LogP contribution in [0.3, 0.4) is 0 Å². The third-order valence-corrected chi connectivity index (χ3v) is 4.19. The maximum Gasteiger partial charge on any atom is 0.334 e. The van der Waals surface area contributed by atoms with E-state index in [-0.39, 0.29) is 18.5 Å². The summed E-state index contributed by atoms with van der Waals surface area (Å²) in [5, 5.41) is 0.557. The maximum absolute atomic E-state index is 12.3. The summed E-state index contributed by atoms with van der Waals surface area (Å²) in [6.45, 7) is -0.173. The number of hydrogen-bond acceptors (Lipinski definition) is 5. The van der Waals surface area contributed by atoms with Crippen LogP contribution in [-0.4, -0.2) is 38.7 Å². The van der Waals surface area contributed by atoms with Gasteiger partial charge in [-0.25, -0.2) is 14.7 Å². The van der Waals surface area contributed by atoms with Gasteiger partial charge < -0.3 is 4.42 Å². The van der Waals surface area contributed by atoms with Crippen molar-refractivity contribution in [2.24, 2.45) is 0 Å². The predicted octanol–water partition coefficient (Wildman–Crippen LogP) is 2.45. The second kappa shape index (κ2) is 5.45. The fourth-order valence-electron chi connectivity index (χ4n) is 2.61. The van der Waals surface area contributed by atoms with Crippen LogP contribution in [0.4, 0.5) is 4.79 Å². The molecule has 0 atom stereocenters. The van der Waals surface area contributed by atoms with Gasteiger partial charge in [-0.2, -0.15) is 0 Å². The first-order valence-corrected chi connectivity index (χ1v) is 7.82. The number of hydrogen-bond donors (Lipinski definition) is 0. The molecule has 1 saturated carbocycles. The zero-order chi connectivity index (χ0) is 16.8. The van der Waals surface area contributed by atoms with Crippen LogP contribution in [0, 0.1) is 0 Å². The molecule has 2 heterocycles. The van der Waals surface area contributed by atoms with Gasteiger partial charge in [-0.05, 0) is 25.0 Å². The Kier molecular flexibility index (Phi) is 3.38. The van der Waals surface area contributed by atoms with Gasteiger partial charge in [0.2, 0.25) is 5.89 Å². The lowest BCUT2D eigenvalue weighted by Gasteiger charge is -2.13. The zero-order valence-corrected chi connectivity index (χ0v) is 13.2. The summed E-state index contributed by atoms with van der Waals surface area (Å²) in [7, 11) is 0. The van der Waals surface area contributed by atoms with Crippen LogP contribution < -0.4 is 0 Å². The van der Waals surface area contributed by atoms with Gasteiger partial charge in [0.05, 0.1) is 6.20 Å². The van der Waals surface area contributed by atoms with Crippen molar-refractivity contribution < 1.29 is 18.8 Å². The lowest BCUT2D eigenvalue weighted by Crippen LogP contribution is -2.34. The van der Waals surface area contributed by atoms with Gasteiger partial charge in [-0.15, -0.1) is 0 Å². The van der Waals surface area contributed by atoms with Gasteiger partial charge in [0.15, 0.2) is 5.76 Å². The molecular weight excluding hydrogens is 334 g/mol. The molecule has 1 aliphatic heterocycles. The summed E-state index contributed by atoms with van der Waals surface area (Å²) < 4.78 is 5.58. The van der Waals surface area contributed by atoms with E-state index >= 15 is 0 Å². The van der Waals surface area contributed by atoms with Crippen molar-refractivity contribution in [2.75, 3.05) is 0 Å². The van der Waals surface area contributed by atoms with E-state index in [4.69, 9.17) is 16.0 Å². The molecule has 0 bridgehead atoms. The largest absolute Gasteiger partial charge is 0.439 e. The van der Waals surface area contributed by atoms with E-state index < -0.39 is 17.8 Å². The lowest BCUT2D eigenvalue weighted by atomic mass is 10.2.